The van der Waals surface area contributed by atoms with Crippen molar-refractivity contribution in [3.8, 4) is 0 Å². The maximum Gasteiger partial charge on any atom is 0.306 e. The summed E-state index contributed by atoms with van der Waals surface area (Å²) in [7, 11) is -4.60. The molecule has 12 nitrogen and oxygen atoms in total. The summed E-state index contributed by atoms with van der Waals surface area (Å²) in [6, 6.07) is 0. The van der Waals surface area contributed by atoms with Gasteiger partial charge in [0.1, 0.15) is 36.8 Å². The zero-order valence-corrected chi connectivity index (χ0v) is 37.7. The second-order valence-electron chi connectivity index (χ2n) is 16.4. The fourth-order valence-corrected chi connectivity index (χ4v) is 7.77. The molecule has 0 bridgehead atoms. The third-order valence-corrected chi connectivity index (χ3v) is 11.5. The van der Waals surface area contributed by atoms with Crippen LogP contribution in [0.25, 0.3) is 0 Å². The summed E-state index contributed by atoms with van der Waals surface area (Å²) in [5, 5.41) is 30.9. The number of aliphatic hydroxyl groups excluding tert-OH is 3. The Morgan fingerprint density at radius 1 is 0.559 bits per heavy atom. The van der Waals surface area contributed by atoms with Crippen molar-refractivity contribution >= 4 is 22.1 Å². The first-order valence-corrected chi connectivity index (χ1v) is 25.0. The molecule has 0 aromatic rings. The van der Waals surface area contributed by atoms with Crippen molar-refractivity contribution in [2.75, 3.05) is 19.0 Å². The maximum absolute atomic E-state index is 12.8. The van der Waals surface area contributed by atoms with Crippen LogP contribution in [0.5, 0.6) is 0 Å². The highest BCUT2D eigenvalue weighted by Gasteiger charge is 2.46. The van der Waals surface area contributed by atoms with Gasteiger partial charge in [-0.3, -0.25) is 14.1 Å². The summed E-state index contributed by atoms with van der Waals surface area (Å²) in [5.74, 6) is -1.99. The highest BCUT2D eigenvalue weighted by atomic mass is 32.2. The zero-order valence-electron chi connectivity index (χ0n) is 36.9. The van der Waals surface area contributed by atoms with Gasteiger partial charge in [0.05, 0.1) is 6.61 Å². The average molecular weight is 861 g/mol. The lowest BCUT2D eigenvalue weighted by atomic mass is 10.00. The number of hydrogen-bond donors (Lipinski definition) is 4. The van der Waals surface area contributed by atoms with Gasteiger partial charge in [0.25, 0.3) is 10.1 Å². The second-order valence-corrected chi connectivity index (χ2v) is 17.9. The van der Waals surface area contributed by atoms with Crippen LogP contribution in [0.3, 0.4) is 0 Å². The lowest BCUT2D eigenvalue weighted by molar-refractivity contribution is -0.297. The first kappa shape index (κ1) is 55.1. The Balaban J connectivity index is 2.41. The number of carbonyl (C=O) groups is 2. The smallest absolute Gasteiger partial charge is 0.306 e. The van der Waals surface area contributed by atoms with Crippen LogP contribution >= 0.6 is 0 Å². The summed E-state index contributed by atoms with van der Waals surface area (Å²) in [6.45, 7) is 3.73. The number of carbonyl (C=O) groups excluding carboxylic acids is 2. The molecule has 6 atom stereocenters. The van der Waals surface area contributed by atoms with Crippen LogP contribution in [0.1, 0.15) is 200 Å². The predicted octanol–water partition coefficient (Wildman–Crippen LogP) is 9.62. The quantitative estimate of drug-likeness (QED) is 0.0199. The summed E-state index contributed by atoms with van der Waals surface area (Å²) in [6.07, 6.45) is 30.8. The molecule has 59 heavy (non-hydrogen) atoms. The van der Waals surface area contributed by atoms with E-state index in [9.17, 15) is 37.9 Å². The molecule has 0 aliphatic carbocycles. The van der Waals surface area contributed by atoms with E-state index in [-0.39, 0.29) is 19.4 Å². The normalized spacial score (nSPS) is 20.4. The minimum absolute atomic E-state index is 0.162. The van der Waals surface area contributed by atoms with E-state index in [1.165, 1.54) is 103 Å². The standard InChI is InChI=1S/C46H84O12S/c1-3-5-7-9-11-13-15-17-18-19-20-21-22-23-25-27-29-31-33-35-42(48)57-39(37-56-46-45(51)44(50)43(49)40(58-46)38-59(52,53)54)36-55-41(47)34-32-30-28-26-24-16-14-12-10-8-6-4-2/h12,14,17-18,39-40,43-46,49-51H,3-11,13,15-16,19-38H2,1-2H3,(H,52,53,54)/b14-12-,18-17-. The fourth-order valence-electron chi connectivity index (χ4n) is 7.08. The van der Waals surface area contributed by atoms with Gasteiger partial charge in [-0.1, -0.05) is 147 Å². The predicted molar refractivity (Wildman–Crippen MR) is 233 cm³/mol. The van der Waals surface area contributed by atoms with Crippen molar-refractivity contribution in [3.05, 3.63) is 24.3 Å². The van der Waals surface area contributed by atoms with E-state index in [4.69, 9.17) is 18.9 Å². The van der Waals surface area contributed by atoms with Gasteiger partial charge in [-0.05, 0) is 64.2 Å². The fraction of sp³-hybridized carbons (Fsp3) is 0.870. The number of unbranched alkanes of at least 4 members (excludes halogenated alkanes) is 23. The largest absolute Gasteiger partial charge is 0.462 e. The molecule has 0 aromatic carbocycles. The molecule has 6 unspecified atom stereocenters. The first-order valence-electron chi connectivity index (χ1n) is 23.4. The van der Waals surface area contributed by atoms with Crippen molar-refractivity contribution in [1.82, 2.24) is 0 Å². The van der Waals surface area contributed by atoms with E-state index >= 15 is 0 Å². The third kappa shape index (κ3) is 31.6. The van der Waals surface area contributed by atoms with Crippen molar-refractivity contribution < 1.29 is 56.8 Å². The molecule has 4 N–H and O–H groups in total. The van der Waals surface area contributed by atoms with Crippen LogP contribution in [0.2, 0.25) is 0 Å². The average Bonchev–Trinajstić information content (AvgIpc) is 3.20. The number of allylic oxidation sites excluding steroid dienone is 4. The molecule has 1 saturated heterocycles. The van der Waals surface area contributed by atoms with Gasteiger partial charge < -0.3 is 34.3 Å². The van der Waals surface area contributed by atoms with Crippen LogP contribution in [0.4, 0.5) is 0 Å². The van der Waals surface area contributed by atoms with Crippen LogP contribution in [0, 0.1) is 0 Å². The minimum Gasteiger partial charge on any atom is -0.462 e. The summed E-state index contributed by atoms with van der Waals surface area (Å²) >= 11 is 0. The number of aliphatic hydroxyl groups is 3. The van der Waals surface area contributed by atoms with Crippen molar-refractivity contribution in [2.45, 2.75) is 237 Å². The summed E-state index contributed by atoms with van der Waals surface area (Å²) in [5.41, 5.74) is 0. The molecule has 1 aliphatic rings. The third-order valence-electron chi connectivity index (χ3n) is 10.8. The Labute approximate surface area is 358 Å². The lowest BCUT2D eigenvalue weighted by Crippen LogP contribution is -2.60. The Bertz CT molecular complexity index is 1190. The van der Waals surface area contributed by atoms with Gasteiger partial charge in [0.2, 0.25) is 0 Å². The number of ether oxygens (including phenoxy) is 4. The molecule has 0 saturated carbocycles. The Morgan fingerprint density at radius 2 is 0.966 bits per heavy atom. The van der Waals surface area contributed by atoms with Gasteiger partial charge in [-0.15, -0.1) is 0 Å². The van der Waals surface area contributed by atoms with E-state index < -0.39 is 71.2 Å². The van der Waals surface area contributed by atoms with Gasteiger partial charge >= 0.3 is 11.9 Å². The SMILES string of the molecule is CCCCC/C=C\CCCCCCCC(=O)OCC(COC1OC(CS(=O)(=O)O)C(O)C(O)C1O)OC(=O)CCCCCCCCCCC/C=C\CCCCCCCC. The van der Waals surface area contributed by atoms with Gasteiger partial charge in [0.15, 0.2) is 12.4 Å². The number of rotatable bonds is 39. The molecule has 0 amide bonds. The lowest BCUT2D eigenvalue weighted by Gasteiger charge is -2.40. The Kier molecular flexibility index (Phi) is 34.4. The van der Waals surface area contributed by atoms with Crippen LogP contribution in [0.15, 0.2) is 24.3 Å². The highest BCUT2D eigenvalue weighted by Crippen LogP contribution is 2.24. The molecule has 0 radical (unpaired) electrons. The van der Waals surface area contributed by atoms with E-state index in [1.54, 1.807) is 0 Å². The molecular formula is C46H84O12S. The molecule has 13 heteroatoms. The molecular weight excluding hydrogens is 777 g/mol. The highest BCUT2D eigenvalue weighted by molar-refractivity contribution is 7.85. The van der Waals surface area contributed by atoms with E-state index in [0.29, 0.717) is 12.8 Å². The maximum atomic E-state index is 12.8. The van der Waals surface area contributed by atoms with E-state index in [2.05, 4.69) is 38.2 Å². The monoisotopic (exact) mass is 861 g/mol. The second kappa shape index (κ2) is 36.8. The summed E-state index contributed by atoms with van der Waals surface area (Å²) in [4.78, 5) is 25.4. The van der Waals surface area contributed by atoms with Gasteiger partial charge in [0, 0.05) is 12.8 Å². The molecule has 1 rings (SSSR count). The van der Waals surface area contributed by atoms with Crippen molar-refractivity contribution in [3.63, 3.8) is 0 Å². The van der Waals surface area contributed by atoms with E-state index in [0.717, 1.165) is 57.8 Å². The number of esters is 2. The van der Waals surface area contributed by atoms with E-state index in [1.807, 2.05) is 0 Å². The van der Waals surface area contributed by atoms with Crippen LogP contribution in [-0.2, 0) is 38.7 Å². The molecule has 346 valence electrons. The zero-order chi connectivity index (χ0) is 43.4. The van der Waals surface area contributed by atoms with Crippen LogP contribution in [-0.4, -0.2) is 96.0 Å². The molecule has 0 aromatic heterocycles. The number of hydrogen-bond acceptors (Lipinski definition) is 11. The topological polar surface area (TPSA) is 186 Å². The Hall–Kier alpha value is -1.87. The molecule has 1 heterocycles. The van der Waals surface area contributed by atoms with Crippen molar-refractivity contribution in [2.24, 2.45) is 0 Å². The van der Waals surface area contributed by atoms with Crippen molar-refractivity contribution in [1.29, 1.82) is 0 Å². The van der Waals surface area contributed by atoms with Gasteiger partial charge in [-0.25, -0.2) is 0 Å². The molecule has 0 spiro atoms. The van der Waals surface area contributed by atoms with Gasteiger partial charge in [-0.2, -0.15) is 8.42 Å². The minimum atomic E-state index is -4.60. The molecule has 1 aliphatic heterocycles. The first-order chi connectivity index (χ1) is 28.5. The molecule has 1 fully saturated rings. The van der Waals surface area contributed by atoms with Crippen LogP contribution < -0.4 is 0 Å². The Morgan fingerprint density at radius 3 is 1.44 bits per heavy atom. The summed E-state index contributed by atoms with van der Waals surface area (Å²) < 4.78 is 54.1.